The predicted octanol–water partition coefficient (Wildman–Crippen LogP) is 3.53. The van der Waals surface area contributed by atoms with Crippen LogP contribution in [-0.2, 0) is 9.84 Å². The van der Waals surface area contributed by atoms with Gasteiger partial charge in [-0.25, -0.2) is 13.2 Å². The number of sulfone groups is 1. The highest BCUT2D eigenvalue weighted by atomic mass is 32.2. The molecule has 30 heavy (non-hydrogen) atoms. The van der Waals surface area contributed by atoms with Gasteiger partial charge in [-0.05, 0) is 70.7 Å². The SMILES string of the molecule is CC(C)NC(=O)N1CCCCC[C@H]1C1CCN(CCS(=O)(=O)c2ccccc2)CC1. The van der Waals surface area contributed by atoms with Crippen LogP contribution in [0.3, 0.4) is 0 Å². The van der Waals surface area contributed by atoms with E-state index in [1.807, 2.05) is 19.9 Å². The molecule has 1 N–H and O–H groups in total. The van der Waals surface area contributed by atoms with Crippen LogP contribution in [0.2, 0.25) is 0 Å². The van der Waals surface area contributed by atoms with Crippen LogP contribution in [0.1, 0.15) is 52.4 Å². The Morgan fingerprint density at radius 2 is 1.73 bits per heavy atom. The van der Waals surface area contributed by atoms with Gasteiger partial charge >= 0.3 is 6.03 Å². The summed E-state index contributed by atoms with van der Waals surface area (Å²) in [6.07, 6.45) is 6.60. The van der Waals surface area contributed by atoms with Crippen LogP contribution in [-0.4, -0.2) is 68.3 Å². The lowest BCUT2D eigenvalue weighted by Gasteiger charge is -2.40. The molecule has 2 fully saturated rings. The van der Waals surface area contributed by atoms with Gasteiger partial charge in [0.1, 0.15) is 0 Å². The molecule has 2 aliphatic heterocycles. The summed E-state index contributed by atoms with van der Waals surface area (Å²) in [6.45, 7) is 7.25. The maximum atomic E-state index is 12.8. The lowest BCUT2D eigenvalue weighted by Crippen LogP contribution is -2.52. The van der Waals surface area contributed by atoms with Crippen molar-refractivity contribution in [3.63, 3.8) is 0 Å². The molecular formula is C23H37N3O3S. The van der Waals surface area contributed by atoms with Crippen molar-refractivity contribution in [3.8, 4) is 0 Å². The number of urea groups is 1. The molecule has 7 heteroatoms. The Balaban J connectivity index is 1.54. The first-order chi connectivity index (χ1) is 14.4. The lowest BCUT2D eigenvalue weighted by molar-refractivity contribution is 0.102. The number of hydrogen-bond donors (Lipinski definition) is 1. The molecular weight excluding hydrogens is 398 g/mol. The van der Waals surface area contributed by atoms with Crippen molar-refractivity contribution >= 4 is 15.9 Å². The molecule has 1 aromatic carbocycles. The molecule has 0 radical (unpaired) electrons. The fourth-order valence-electron chi connectivity index (χ4n) is 4.76. The Morgan fingerprint density at radius 1 is 1.03 bits per heavy atom. The molecule has 3 rings (SSSR count). The van der Waals surface area contributed by atoms with Crippen LogP contribution in [0.5, 0.6) is 0 Å². The highest BCUT2D eigenvalue weighted by molar-refractivity contribution is 7.91. The van der Waals surface area contributed by atoms with E-state index in [0.29, 0.717) is 23.4 Å². The summed E-state index contributed by atoms with van der Waals surface area (Å²) in [5, 5.41) is 3.08. The van der Waals surface area contributed by atoms with Gasteiger partial charge in [-0.3, -0.25) is 0 Å². The molecule has 2 saturated heterocycles. The van der Waals surface area contributed by atoms with Crippen LogP contribution in [0, 0.1) is 5.92 Å². The van der Waals surface area contributed by atoms with E-state index in [-0.39, 0.29) is 17.8 Å². The van der Waals surface area contributed by atoms with Crippen molar-refractivity contribution in [2.75, 3.05) is 31.9 Å². The number of nitrogens with one attached hydrogen (secondary N) is 1. The molecule has 168 valence electrons. The third kappa shape index (κ3) is 6.20. The summed E-state index contributed by atoms with van der Waals surface area (Å²) >= 11 is 0. The van der Waals surface area contributed by atoms with Gasteiger partial charge in [-0.15, -0.1) is 0 Å². The van der Waals surface area contributed by atoms with Gasteiger partial charge in [0.15, 0.2) is 9.84 Å². The van der Waals surface area contributed by atoms with Crippen LogP contribution in [0.15, 0.2) is 35.2 Å². The fraction of sp³-hybridized carbons (Fsp3) is 0.696. The standard InChI is InChI=1S/C23H37N3O3S/c1-19(2)24-23(27)26-14-8-4-7-11-22(26)20-12-15-25(16-13-20)17-18-30(28,29)21-9-5-3-6-10-21/h3,5-6,9-10,19-20,22H,4,7-8,11-18H2,1-2H3,(H,24,27)/t22-/m0/s1. The molecule has 0 saturated carbocycles. The lowest BCUT2D eigenvalue weighted by atomic mass is 9.86. The largest absolute Gasteiger partial charge is 0.336 e. The van der Waals surface area contributed by atoms with Gasteiger partial charge in [0, 0.05) is 25.2 Å². The zero-order chi connectivity index (χ0) is 21.6. The Hall–Kier alpha value is -1.60. The molecule has 2 amide bonds. The van der Waals surface area contributed by atoms with Gasteiger partial charge in [-0.2, -0.15) is 0 Å². The second-order valence-electron chi connectivity index (χ2n) is 9.03. The molecule has 0 spiro atoms. The van der Waals surface area contributed by atoms with E-state index in [0.717, 1.165) is 45.3 Å². The van der Waals surface area contributed by atoms with Crippen LogP contribution in [0.4, 0.5) is 4.79 Å². The quantitative estimate of drug-likeness (QED) is 0.742. The highest BCUT2D eigenvalue weighted by Crippen LogP contribution is 2.30. The van der Waals surface area contributed by atoms with E-state index in [2.05, 4.69) is 15.1 Å². The Bertz CT molecular complexity index is 774. The summed E-state index contributed by atoms with van der Waals surface area (Å²) in [6, 6.07) is 9.25. The first-order valence-electron chi connectivity index (χ1n) is 11.4. The minimum Gasteiger partial charge on any atom is -0.336 e. The van der Waals surface area contributed by atoms with Gasteiger partial charge < -0.3 is 15.1 Å². The first kappa shape index (κ1) is 23.1. The molecule has 2 aliphatic rings. The summed E-state index contributed by atoms with van der Waals surface area (Å²) in [4.78, 5) is 17.5. The number of carbonyl (C=O) groups is 1. The van der Waals surface area contributed by atoms with Gasteiger partial charge in [0.05, 0.1) is 10.6 Å². The van der Waals surface area contributed by atoms with Crippen molar-refractivity contribution in [2.24, 2.45) is 5.92 Å². The van der Waals surface area contributed by atoms with Crippen molar-refractivity contribution in [1.29, 1.82) is 0 Å². The molecule has 0 unspecified atom stereocenters. The van der Waals surface area contributed by atoms with Gasteiger partial charge in [0.25, 0.3) is 0 Å². The van der Waals surface area contributed by atoms with Crippen LogP contribution >= 0.6 is 0 Å². The molecule has 1 aromatic rings. The van der Waals surface area contributed by atoms with Crippen molar-refractivity contribution in [3.05, 3.63) is 30.3 Å². The van der Waals surface area contributed by atoms with E-state index < -0.39 is 9.84 Å². The van der Waals surface area contributed by atoms with E-state index in [1.165, 1.54) is 12.8 Å². The van der Waals surface area contributed by atoms with Gasteiger partial charge in [-0.1, -0.05) is 31.0 Å². The third-order valence-electron chi connectivity index (χ3n) is 6.43. The minimum absolute atomic E-state index is 0.0771. The molecule has 2 heterocycles. The molecule has 0 bridgehead atoms. The number of amides is 2. The van der Waals surface area contributed by atoms with E-state index in [4.69, 9.17) is 0 Å². The molecule has 1 atom stereocenters. The second kappa shape index (κ2) is 10.6. The van der Waals surface area contributed by atoms with Crippen LogP contribution in [0.25, 0.3) is 0 Å². The zero-order valence-corrected chi connectivity index (χ0v) is 19.2. The van der Waals surface area contributed by atoms with Crippen molar-refractivity contribution in [1.82, 2.24) is 15.1 Å². The Labute approximate surface area is 181 Å². The summed E-state index contributed by atoms with van der Waals surface area (Å²) in [5.41, 5.74) is 0. The smallest absolute Gasteiger partial charge is 0.317 e. The zero-order valence-electron chi connectivity index (χ0n) is 18.4. The average Bonchev–Trinajstić information content (AvgIpc) is 2.99. The normalized spacial score (nSPS) is 22.1. The molecule has 6 nitrogen and oxygen atoms in total. The number of hydrogen-bond acceptors (Lipinski definition) is 4. The summed E-state index contributed by atoms with van der Waals surface area (Å²) in [5.74, 6) is 0.664. The number of carbonyl (C=O) groups excluding carboxylic acids is 1. The van der Waals surface area contributed by atoms with Crippen molar-refractivity contribution in [2.45, 2.75) is 69.4 Å². The Morgan fingerprint density at radius 3 is 2.40 bits per heavy atom. The molecule has 0 aliphatic carbocycles. The number of benzene rings is 1. The third-order valence-corrected chi connectivity index (χ3v) is 8.14. The number of rotatable bonds is 6. The van der Waals surface area contributed by atoms with E-state index >= 15 is 0 Å². The van der Waals surface area contributed by atoms with E-state index in [9.17, 15) is 13.2 Å². The fourth-order valence-corrected chi connectivity index (χ4v) is 6.07. The topological polar surface area (TPSA) is 69.7 Å². The summed E-state index contributed by atoms with van der Waals surface area (Å²) in [7, 11) is -3.23. The minimum atomic E-state index is -3.23. The monoisotopic (exact) mass is 435 g/mol. The first-order valence-corrected chi connectivity index (χ1v) is 13.1. The maximum absolute atomic E-state index is 12.8. The van der Waals surface area contributed by atoms with Crippen molar-refractivity contribution < 1.29 is 13.2 Å². The highest BCUT2D eigenvalue weighted by Gasteiger charge is 2.34. The molecule has 0 aromatic heterocycles. The number of piperidine rings is 1. The van der Waals surface area contributed by atoms with Gasteiger partial charge in [0.2, 0.25) is 0 Å². The van der Waals surface area contributed by atoms with Crippen LogP contribution < -0.4 is 5.32 Å². The summed E-state index contributed by atoms with van der Waals surface area (Å²) < 4.78 is 25.1. The maximum Gasteiger partial charge on any atom is 0.317 e. The Kier molecular flexibility index (Phi) is 8.17. The number of nitrogens with zero attached hydrogens (tertiary/aromatic N) is 2. The second-order valence-corrected chi connectivity index (χ2v) is 11.1. The van der Waals surface area contributed by atoms with E-state index in [1.54, 1.807) is 24.3 Å². The predicted molar refractivity (Wildman–Crippen MR) is 120 cm³/mol. The average molecular weight is 436 g/mol. The number of likely N-dealkylation sites (tertiary alicyclic amines) is 2.